The summed E-state index contributed by atoms with van der Waals surface area (Å²) in [6, 6.07) is 21.5. The number of hydrogen-bond donors (Lipinski definition) is 0. The topological polar surface area (TPSA) is 69.0 Å². The second-order valence-electron chi connectivity index (χ2n) is 7.43. The van der Waals surface area contributed by atoms with Crippen LogP contribution in [0.3, 0.4) is 0 Å². The Bertz CT molecular complexity index is 1420. The lowest BCUT2D eigenvalue weighted by molar-refractivity contribution is 0.146. The number of para-hydroxylation sites is 1. The Balaban J connectivity index is 2.02. The molecule has 170 valence electrons. The number of nitrogens with zero attached hydrogens (tertiary/aromatic N) is 2. The van der Waals surface area contributed by atoms with Gasteiger partial charge in [-0.2, -0.15) is 5.10 Å². The highest BCUT2D eigenvalue weighted by molar-refractivity contribution is 7.90. The van der Waals surface area contributed by atoms with Crippen LogP contribution in [0.1, 0.15) is 12.1 Å². The zero-order valence-corrected chi connectivity index (χ0v) is 19.4. The van der Waals surface area contributed by atoms with E-state index >= 15 is 0 Å². The van der Waals surface area contributed by atoms with Gasteiger partial charge in [0.15, 0.2) is 9.84 Å². The number of sulfone groups is 1. The lowest BCUT2D eigenvalue weighted by Gasteiger charge is -2.12. The molecule has 0 amide bonds. The van der Waals surface area contributed by atoms with E-state index in [1.165, 1.54) is 16.8 Å². The van der Waals surface area contributed by atoms with Gasteiger partial charge >= 0.3 is 0 Å². The van der Waals surface area contributed by atoms with Gasteiger partial charge in [-0.05, 0) is 42.0 Å². The molecule has 0 radical (unpaired) electrons. The molecule has 1 atom stereocenters. The zero-order valence-electron chi connectivity index (χ0n) is 17.8. The molecule has 0 saturated heterocycles. The number of benzene rings is 3. The van der Waals surface area contributed by atoms with Crippen molar-refractivity contribution in [3.8, 4) is 28.1 Å². The summed E-state index contributed by atoms with van der Waals surface area (Å²) in [5.41, 5.74) is 1.84. The van der Waals surface area contributed by atoms with Crippen molar-refractivity contribution in [1.29, 1.82) is 0 Å². The maximum Gasteiger partial charge on any atom is 0.282 e. The Hall–Kier alpha value is -3.17. The molecule has 4 rings (SSSR count). The average molecular weight is 487 g/mol. The molecule has 33 heavy (non-hydrogen) atoms. The van der Waals surface area contributed by atoms with Crippen molar-refractivity contribution >= 4 is 20.6 Å². The number of halogens is 2. The molecule has 0 bridgehead atoms. The summed E-state index contributed by atoms with van der Waals surface area (Å²) in [6.45, 7) is 0. The smallest absolute Gasteiger partial charge is 0.255 e. The van der Waals surface area contributed by atoms with Gasteiger partial charge in [-0.1, -0.05) is 42.5 Å². The van der Waals surface area contributed by atoms with E-state index in [1.54, 1.807) is 66.9 Å². The van der Waals surface area contributed by atoms with Crippen molar-refractivity contribution < 1.29 is 21.4 Å². The van der Waals surface area contributed by atoms with Crippen molar-refractivity contribution in [2.45, 2.75) is 16.2 Å². The van der Waals surface area contributed by atoms with Gasteiger partial charge in [0.2, 0.25) is 0 Å². The Morgan fingerprint density at radius 1 is 0.879 bits per heavy atom. The van der Waals surface area contributed by atoms with Gasteiger partial charge in [-0.3, -0.25) is 4.21 Å². The van der Waals surface area contributed by atoms with Gasteiger partial charge in [-0.25, -0.2) is 21.9 Å². The van der Waals surface area contributed by atoms with Crippen molar-refractivity contribution in [2.24, 2.45) is 0 Å². The molecule has 0 N–H and O–H groups in total. The minimum absolute atomic E-state index is 0.127. The largest absolute Gasteiger partial charge is 0.282 e. The first-order chi connectivity index (χ1) is 15.7. The van der Waals surface area contributed by atoms with Crippen molar-refractivity contribution in [3.05, 3.63) is 84.6 Å². The third-order valence-corrected chi connectivity index (χ3v) is 7.22. The summed E-state index contributed by atoms with van der Waals surface area (Å²) in [5.74, 6) is 0. The lowest BCUT2D eigenvalue weighted by Crippen LogP contribution is -2.01. The van der Waals surface area contributed by atoms with Gasteiger partial charge in [-0.15, -0.1) is 0 Å². The second-order valence-corrected chi connectivity index (χ2v) is 10.8. The molecular weight excluding hydrogens is 466 g/mol. The molecule has 0 aliphatic rings. The third-order valence-electron chi connectivity index (χ3n) is 5.15. The van der Waals surface area contributed by atoms with E-state index in [9.17, 15) is 21.4 Å². The molecule has 0 spiro atoms. The molecule has 1 unspecified atom stereocenters. The van der Waals surface area contributed by atoms with Crippen LogP contribution < -0.4 is 0 Å². The van der Waals surface area contributed by atoms with Crippen LogP contribution in [-0.2, 0) is 20.6 Å². The summed E-state index contributed by atoms with van der Waals surface area (Å²) < 4.78 is 65.3. The van der Waals surface area contributed by atoms with Gasteiger partial charge < -0.3 is 0 Å². The van der Waals surface area contributed by atoms with Crippen LogP contribution in [-0.4, -0.2) is 34.9 Å². The normalized spacial score (nSPS) is 12.8. The average Bonchev–Trinajstić information content (AvgIpc) is 3.20. The first-order valence-electron chi connectivity index (χ1n) is 9.87. The van der Waals surface area contributed by atoms with Crippen LogP contribution in [0.25, 0.3) is 28.1 Å². The SMILES string of the molecule is CS(=O)c1ccc(-c2c(C(F)F)nn(-c3ccccc3)c2-c2ccc(S(C)(=O)=O)cc2)cc1. The van der Waals surface area contributed by atoms with E-state index in [1.807, 2.05) is 6.07 Å². The van der Waals surface area contributed by atoms with Crippen molar-refractivity contribution in [1.82, 2.24) is 9.78 Å². The standard InChI is InChI=1S/C24H20F2N2O3S2/c1-32(29)19-12-8-16(9-13-19)21-22(24(25)26)27-28(18-6-4-3-5-7-18)23(21)17-10-14-20(15-11-17)33(2,30)31/h3-15,24H,1-2H3. The Morgan fingerprint density at radius 2 is 1.45 bits per heavy atom. The summed E-state index contributed by atoms with van der Waals surface area (Å²) in [7, 11) is -4.63. The molecule has 5 nitrogen and oxygen atoms in total. The van der Waals surface area contributed by atoms with E-state index in [-0.39, 0.29) is 10.5 Å². The van der Waals surface area contributed by atoms with Gasteiger partial charge in [0.25, 0.3) is 6.43 Å². The van der Waals surface area contributed by atoms with Crippen LogP contribution in [0.4, 0.5) is 8.78 Å². The fraction of sp³-hybridized carbons (Fsp3) is 0.125. The quantitative estimate of drug-likeness (QED) is 0.372. The summed E-state index contributed by atoms with van der Waals surface area (Å²) in [5, 5.41) is 4.25. The molecule has 9 heteroatoms. The van der Waals surface area contributed by atoms with E-state index in [0.29, 0.717) is 27.4 Å². The highest BCUT2D eigenvalue weighted by Gasteiger charge is 2.27. The summed E-state index contributed by atoms with van der Waals surface area (Å²) >= 11 is 0. The predicted molar refractivity (Wildman–Crippen MR) is 125 cm³/mol. The Labute approximate surface area is 193 Å². The third kappa shape index (κ3) is 4.65. The van der Waals surface area contributed by atoms with Crippen LogP contribution >= 0.6 is 0 Å². The number of aromatic nitrogens is 2. The van der Waals surface area contributed by atoms with Crippen molar-refractivity contribution in [3.63, 3.8) is 0 Å². The first-order valence-corrected chi connectivity index (χ1v) is 13.3. The predicted octanol–water partition coefficient (Wildman–Crippen LogP) is 5.28. The van der Waals surface area contributed by atoms with E-state index < -0.39 is 32.8 Å². The van der Waals surface area contributed by atoms with E-state index in [4.69, 9.17) is 0 Å². The fourth-order valence-electron chi connectivity index (χ4n) is 3.57. The number of hydrogen-bond acceptors (Lipinski definition) is 4. The van der Waals surface area contributed by atoms with Crippen LogP contribution in [0.2, 0.25) is 0 Å². The maximum absolute atomic E-state index is 14.2. The number of alkyl halides is 2. The molecule has 0 saturated carbocycles. The van der Waals surface area contributed by atoms with Gasteiger partial charge in [0.1, 0.15) is 5.69 Å². The zero-order chi connectivity index (χ0) is 23.8. The van der Waals surface area contributed by atoms with Crippen molar-refractivity contribution in [2.75, 3.05) is 12.5 Å². The maximum atomic E-state index is 14.2. The van der Waals surface area contributed by atoms with E-state index in [2.05, 4.69) is 5.10 Å². The fourth-order valence-corrected chi connectivity index (χ4v) is 4.72. The second kappa shape index (κ2) is 8.99. The molecule has 1 heterocycles. The minimum atomic E-state index is -3.42. The molecule has 3 aromatic carbocycles. The molecule has 0 aliphatic carbocycles. The van der Waals surface area contributed by atoms with Crippen LogP contribution in [0, 0.1) is 0 Å². The first kappa shape index (κ1) is 23.0. The monoisotopic (exact) mass is 486 g/mol. The van der Waals surface area contributed by atoms with Gasteiger partial charge in [0.05, 0.1) is 16.3 Å². The molecular formula is C24H20F2N2O3S2. The minimum Gasteiger partial charge on any atom is -0.255 e. The van der Waals surface area contributed by atoms with E-state index in [0.717, 1.165) is 6.26 Å². The molecule has 1 aromatic heterocycles. The summed E-state index contributed by atoms with van der Waals surface area (Å²) in [4.78, 5) is 0.703. The van der Waals surface area contributed by atoms with Crippen LogP contribution in [0.15, 0.2) is 88.7 Å². The van der Waals surface area contributed by atoms with Gasteiger partial charge in [0, 0.05) is 39.3 Å². The molecule has 4 aromatic rings. The summed E-state index contributed by atoms with van der Waals surface area (Å²) in [6.07, 6.45) is -0.198. The highest BCUT2D eigenvalue weighted by atomic mass is 32.2. The Kier molecular flexibility index (Phi) is 6.27. The lowest BCUT2D eigenvalue weighted by atomic mass is 9.98. The molecule has 0 aliphatic heterocycles. The number of rotatable bonds is 6. The highest BCUT2D eigenvalue weighted by Crippen LogP contribution is 2.40. The Morgan fingerprint density at radius 3 is 1.97 bits per heavy atom. The molecule has 0 fully saturated rings. The van der Waals surface area contributed by atoms with Crippen LogP contribution in [0.5, 0.6) is 0 Å².